The van der Waals surface area contributed by atoms with Gasteiger partial charge >= 0.3 is 0 Å². The van der Waals surface area contributed by atoms with Crippen LogP contribution in [0, 0.1) is 13.8 Å². The maximum Gasteiger partial charge on any atom is 0.270 e. The summed E-state index contributed by atoms with van der Waals surface area (Å²) in [6, 6.07) is 9.93. The van der Waals surface area contributed by atoms with Crippen LogP contribution >= 0.6 is 23.8 Å². The van der Waals surface area contributed by atoms with Crippen LogP contribution in [0.1, 0.15) is 16.7 Å². The summed E-state index contributed by atoms with van der Waals surface area (Å²) < 4.78 is 0. The van der Waals surface area contributed by atoms with E-state index in [1.54, 1.807) is 12.1 Å². The first-order chi connectivity index (χ1) is 12.3. The minimum atomic E-state index is -0.579. The summed E-state index contributed by atoms with van der Waals surface area (Å²) >= 11 is 11.1. The predicted octanol–water partition coefficient (Wildman–Crippen LogP) is 3.49. The summed E-state index contributed by atoms with van der Waals surface area (Å²) in [5.41, 5.74) is 3.11. The van der Waals surface area contributed by atoms with E-state index in [0.717, 1.165) is 11.1 Å². The van der Waals surface area contributed by atoms with E-state index in [1.165, 1.54) is 23.1 Å². The van der Waals surface area contributed by atoms with Crippen molar-refractivity contribution in [2.75, 3.05) is 4.90 Å². The molecule has 0 unspecified atom stereocenters. The second kappa shape index (κ2) is 6.90. The van der Waals surface area contributed by atoms with Crippen LogP contribution in [0.25, 0.3) is 6.08 Å². The molecule has 1 saturated heterocycles. The number of phenolic OH excluding ortho intramolecular Hbond substituents is 1. The fraction of sp³-hybridized carbons (Fsp3) is 0.105. The Labute approximate surface area is 160 Å². The molecule has 0 spiro atoms. The number of amides is 2. The van der Waals surface area contributed by atoms with Crippen molar-refractivity contribution in [1.82, 2.24) is 5.32 Å². The number of aryl methyl sites for hydroxylation is 2. The third-order valence-electron chi connectivity index (χ3n) is 4.13. The van der Waals surface area contributed by atoms with Gasteiger partial charge in [-0.3, -0.25) is 19.8 Å². The molecule has 7 heteroatoms. The van der Waals surface area contributed by atoms with E-state index >= 15 is 0 Å². The molecule has 2 aromatic carbocycles. The summed E-state index contributed by atoms with van der Waals surface area (Å²) in [5, 5.41) is 12.2. The quantitative estimate of drug-likeness (QED) is 0.471. The smallest absolute Gasteiger partial charge is 0.270 e. The summed E-state index contributed by atoms with van der Waals surface area (Å²) in [6.45, 7) is 3.90. The van der Waals surface area contributed by atoms with Crippen LogP contribution in [-0.2, 0) is 9.59 Å². The van der Waals surface area contributed by atoms with Crippen LogP contribution in [-0.4, -0.2) is 22.0 Å². The van der Waals surface area contributed by atoms with Gasteiger partial charge in [0.05, 0.1) is 10.7 Å². The zero-order chi connectivity index (χ0) is 19.0. The molecule has 0 aliphatic carbocycles. The van der Waals surface area contributed by atoms with Gasteiger partial charge in [0, 0.05) is 0 Å². The highest BCUT2D eigenvalue weighted by molar-refractivity contribution is 7.80. The second-order valence-electron chi connectivity index (χ2n) is 5.94. The average Bonchev–Trinajstić information content (AvgIpc) is 2.57. The van der Waals surface area contributed by atoms with Gasteiger partial charge in [0.15, 0.2) is 5.11 Å². The Morgan fingerprint density at radius 3 is 2.50 bits per heavy atom. The number of phenols is 1. The number of carbonyl (C=O) groups excluding carboxylic acids is 2. The molecule has 0 aromatic heterocycles. The summed E-state index contributed by atoms with van der Waals surface area (Å²) in [6.07, 6.45) is 1.42. The van der Waals surface area contributed by atoms with Gasteiger partial charge in [0.1, 0.15) is 11.3 Å². The molecule has 0 saturated carbocycles. The molecule has 2 amide bonds. The van der Waals surface area contributed by atoms with E-state index in [-0.39, 0.29) is 21.5 Å². The van der Waals surface area contributed by atoms with Gasteiger partial charge in [-0.2, -0.15) is 0 Å². The van der Waals surface area contributed by atoms with E-state index < -0.39 is 11.8 Å². The fourth-order valence-electron chi connectivity index (χ4n) is 2.54. The Hall–Kier alpha value is -2.70. The first kappa shape index (κ1) is 18.1. The number of thiocarbonyl (C=S) groups is 1. The lowest BCUT2D eigenvalue weighted by atomic mass is 10.1. The topological polar surface area (TPSA) is 69.6 Å². The van der Waals surface area contributed by atoms with Crippen molar-refractivity contribution in [2.45, 2.75) is 13.8 Å². The molecule has 1 heterocycles. The molecule has 1 aliphatic heterocycles. The van der Waals surface area contributed by atoms with Crippen molar-refractivity contribution in [1.29, 1.82) is 0 Å². The van der Waals surface area contributed by atoms with E-state index in [2.05, 4.69) is 5.32 Å². The largest absolute Gasteiger partial charge is 0.506 e. The third-order valence-corrected chi connectivity index (χ3v) is 4.72. The van der Waals surface area contributed by atoms with Gasteiger partial charge in [-0.1, -0.05) is 23.7 Å². The van der Waals surface area contributed by atoms with E-state index in [9.17, 15) is 14.7 Å². The third kappa shape index (κ3) is 3.34. The summed E-state index contributed by atoms with van der Waals surface area (Å²) in [7, 11) is 0. The standard InChI is InChI=1S/C19H15ClN2O3S/c1-10-3-5-13(7-11(10)2)22-18(25)14(17(24)21-19(22)26)8-12-4-6-16(23)15(20)9-12/h3-9,23H,1-2H3,(H,21,24,26)/b14-8+. The number of rotatable bonds is 2. The molecule has 0 radical (unpaired) electrons. The Balaban J connectivity index is 2.03. The van der Waals surface area contributed by atoms with Gasteiger partial charge in [-0.05, 0) is 73.1 Å². The van der Waals surface area contributed by atoms with Crippen molar-refractivity contribution in [3.05, 3.63) is 63.7 Å². The molecule has 0 atom stereocenters. The molecule has 2 N–H and O–H groups in total. The lowest BCUT2D eigenvalue weighted by Gasteiger charge is -2.29. The number of carbonyl (C=O) groups is 2. The van der Waals surface area contributed by atoms with E-state index in [4.69, 9.17) is 23.8 Å². The van der Waals surface area contributed by atoms with Crippen molar-refractivity contribution >= 4 is 52.5 Å². The monoisotopic (exact) mass is 386 g/mol. The maximum atomic E-state index is 12.9. The van der Waals surface area contributed by atoms with Gasteiger partial charge in [-0.15, -0.1) is 0 Å². The lowest BCUT2D eigenvalue weighted by Crippen LogP contribution is -2.54. The number of hydrogen-bond donors (Lipinski definition) is 2. The van der Waals surface area contributed by atoms with Gasteiger partial charge < -0.3 is 5.11 Å². The molecular weight excluding hydrogens is 372 g/mol. The van der Waals surface area contributed by atoms with Crippen molar-refractivity contribution in [2.24, 2.45) is 0 Å². The van der Waals surface area contributed by atoms with E-state index in [0.29, 0.717) is 11.3 Å². The Morgan fingerprint density at radius 2 is 1.85 bits per heavy atom. The number of nitrogens with one attached hydrogen (secondary N) is 1. The van der Waals surface area contributed by atoms with Crippen molar-refractivity contribution in [3.63, 3.8) is 0 Å². The highest BCUT2D eigenvalue weighted by Gasteiger charge is 2.34. The first-order valence-electron chi connectivity index (χ1n) is 7.75. The highest BCUT2D eigenvalue weighted by Crippen LogP contribution is 2.27. The minimum Gasteiger partial charge on any atom is -0.506 e. The number of aromatic hydroxyl groups is 1. The van der Waals surface area contributed by atoms with Crippen LogP contribution in [0.2, 0.25) is 5.02 Å². The molecule has 26 heavy (non-hydrogen) atoms. The molecule has 1 fully saturated rings. The van der Waals surface area contributed by atoms with Gasteiger partial charge in [0.2, 0.25) is 0 Å². The predicted molar refractivity (Wildman–Crippen MR) is 105 cm³/mol. The van der Waals surface area contributed by atoms with E-state index in [1.807, 2.05) is 26.0 Å². The fourth-order valence-corrected chi connectivity index (χ4v) is 3.01. The molecular formula is C19H15ClN2O3S. The molecule has 1 aliphatic rings. The van der Waals surface area contributed by atoms with Crippen LogP contribution < -0.4 is 10.2 Å². The Kier molecular flexibility index (Phi) is 4.80. The highest BCUT2D eigenvalue weighted by atomic mass is 35.5. The van der Waals surface area contributed by atoms with Crippen molar-refractivity contribution in [3.8, 4) is 5.75 Å². The van der Waals surface area contributed by atoms with Crippen LogP contribution in [0.3, 0.4) is 0 Å². The SMILES string of the molecule is Cc1ccc(N2C(=O)/C(=C/c3ccc(O)c(Cl)c3)C(=O)NC2=S)cc1C. The van der Waals surface area contributed by atoms with Gasteiger partial charge in [-0.25, -0.2) is 0 Å². The summed E-state index contributed by atoms with van der Waals surface area (Å²) in [4.78, 5) is 26.5. The molecule has 2 aromatic rings. The number of benzene rings is 2. The molecule has 0 bridgehead atoms. The average molecular weight is 387 g/mol. The second-order valence-corrected chi connectivity index (χ2v) is 6.73. The Morgan fingerprint density at radius 1 is 1.12 bits per heavy atom. The summed E-state index contributed by atoms with van der Waals surface area (Å²) in [5.74, 6) is -1.18. The number of hydrogen-bond acceptors (Lipinski definition) is 4. The molecule has 132 valence electrons. The van der Waals surface area contributed by atoms with Crippen molar-refractivity contribution < 1.29 is 14.7 Å². The number of nitrogens with zero attached hydrogens (tertiary/aromatic N) is 1. The normalized spacial score (nSPS) is 16.2. The van der Waals surface area contributed by atoms with Crippen LogP contribution in [0.5, 0.6) is 5.75 Å². The molecule has 3 rings (SSSR count). The number of halogens is 1. The maximum absolute atomic E-state index is 12.9. The minimum absolute atomic E-state index is 0.0316. The van der Waals surface area contributed by atoms with Crippen LogP contribution in [0.15, 0.2) is 42.0 Å². The Bertz CT molecular complexity index is 985. The zero-order valence-corrected chi connectivity index (χ0v) is 15.6. The zero-order valence-electron chi connectivity index (χ0n) is 14.0. The van der Waals surface area contributed by atoms with Gasteiger partial charge in [0.25, 0.3) is 11.8 Å². The number of anilines is 1. The molecule has 5 nitrogen and oxygen atoms in total. The van der Waals surface area contributed by atoms with Crippen LogP contribution in [0.4, 0.5) is 5.69 Å². The first-order valence-corrected chi connectivity index (χ1v) is 8.54. The lowest BCUT2D eigenvalue weighted by molar-refractivity contribution is -0.122.